The van der Waals surface area contributed by atoms with Crippen molar-refractivity contribution in [1.29, 1.82) is 0 Å². The van der Waals surface area contributed by atoms with Crippen molar-refractivity contribution < 1.29 is 13.2 Å². The lowest BCUT2D eigenvalue weighted by Gasteiger charge is -2.13. The Morgan fingerprint density at radius 1 is 1.10 bits per heavy atom. The van der Waals surface area contributed by atoms with Gasteiger partial charge < -0.3 is 5.32 Å². The highest BCUT2D eigenvalue weighted by Gasteiger charge is 2.30. The minimum absolute atomic E-state index is 0.419. The maximum absolute atomic E-state index is 12.7. The first-order valence-corrected chi connectivity index (χ1v) is 6.40. The van der Waals surface area contributed by atoms with Crippen LogP contribution < -0.4 is 5.32 Å². The molecule has 0 aromatic heterocycles. The van der Waals surface area contributed by atoms with Crippen LogP contribution in [0.2, 0.25) is 5.02 Å². The Morgan fingerprint density at radius 2 is 1.85 bits per heavy atom. The van der Waals surface area contributed by atoms with Crippen LogP contribution in [0.5, 0.6) is 0 Å². The zero-order chi connectivity index (χ0) is 14.8. The number of hydrogen-bond acceptors (Lipinski definition) is 1. The van der Waals surface area contributed by atoms with E-state index in [0.717, 1.165) is 23.3 Å². The summed E-state index contributed by atoms with van der Waals surface area (Å²) in [4.78, 5) is 0. The van der Waals surface area contributed by atoms with E-state index in [-0.39, 0.29) is 0 Å². The van der Waals surface area contributed by atoms with Crippen LogP contribution in [0.25, 0.3) is 0 Å². The second-order valence-electron chi connectivity index (χ2n) is 4.51. The molecule has 0 radical (unpaired) electrons. The lowest BCUT2D eigenvalue weighted by Crippen LogP contribution is -2.07. The smallest absolute Gasteiger partial charge is 0.381 e. The molecule has 20 heavy (non-hydrogen) atoms. The minimum atomic E-state index is -4.33. The lowest BCUT2D eigenvalue weighted by atomic mass is 10.1. The fraction of sp³-hybridized carbons (Fsp3) is 0.200. The summed E-state index contributed by atoms with van der Waals surface area (Å²) in [5.74, 6) is 0. The summed E-state index contributed by atoms with van der Waals surface area (Å²) in [5.41, 5.74) is 1.49. The predicted molar refractivity (Wildman–Crippen MR) is 75.0 cm³/mol. The molecule has 106 valence electrons. The number of alkyl halides is 3. The minimum Gasteiger partial charge on any atom is -0.381 e. The van der Waals surface area contributed by atoms with E-state index in [0.29, 0.717) is 17.3 Å². The van der Waals surface area contributed by atoms with Crippen molar-refractivity contribution in [3.8, 4) is 0 Å². The molecule has 5 heteroatoms. The zero-order valence-electron chi connectivity index (χ0n) is 10.8. The van der Waals surface area contributed by atoms with Gasteiger partial charge in [0.25, 0.3) is 0 Å². The van der Waals surface area contributed by atoms with Crippen molar-refractivity contribution in [2.75, 3.05) is 5.32 Å². The van der Waals surface area contributed by atoms with Gasteiger partial charge >= 0.3 is 6.18 Å². The molecule has 0 aliphatic carbocycles. The van der Waals surface area contributed by atoms with Gasteiger partial charge in [0.1, 0.15) is 0 Å². The molecule has 0 bridgehead atoms. The Morgan fingerprint density at radius 3 is 2.50 bits per heavy atom. The number of halogens is 4. The maximum atomic E-state index is 12.7. The van der Waals surface area contributed by atoms with Gasteiger partial charge in [-0.05, 0) is 42.3 Å². The largest absolute Gasteiger partial charge is 0.416 e. The summed E-state index contributed by atoms with van der Waals surface area (Å²) in [7, 11) is 0. The third kappa shape index (κ3) is 3.67. The molecule has 0 spiro atoms. The molecule has 0 atom stereocenters. The van der Waals surface area contributed by atoms with Gasteiger partial charge in [0.05, 0.1) is 5.56 Å². The summed E-state index contributed by atoms with van der Waals surface area (Å²) < 4.78 is 38.0. The molecule has 0 aliphatic rings. The molecule has 0 saturated carbocycles. The summed E-state index contributed by atoms with van der Waals surface area (Å²) >= 11 is 5.87. The Kier molecular flexibility index (Phi) is 4.23. The van der Waals surface area contributed by atoms with Crippen LogP contribution in [0.4, 0.5) is 18.9 Å². The summed E-state index contributed by atoms with van der Waals surface area (Å²) in [5, 5.41) is 3.61. The second kappa shape index (κ2) is 5.75. The normalized spacial score (nSPS) is 11.4. The first-order chi connectivity index (χ1) is 9.36. The first kappa shape index (κ1) is 14.7. The quantitative estimate of drug-likeness (QED) is 0.813. The number of rotatable bonds is 3. The molecule has 1 nitrogen and oxygen atoms in total. The third-order valence-corrected chi connectivity index (χ3v) is 3.17. The van der Waals surface area contributed by atoms with Gasteiger partial charge in [0.15, 0.2) is 0 Å². The van der Waals surface area contributed by atoms with Crippen LogP contribution in [-0.2, 0) is 12.7 Å². The number of hydrogen-bond donors (Lipinski definition) is 1. The average molecular weight is 300 g/mol. The Labute approximate surface area is 120 Å². The van der Waals surface area contributed by atoms with Crippen molar-refractivity contribution in [2.24, 2.45) is 0 Å². The van der Waals surface area contributed by atoms with E-state index >= 15 is 0 Å². The fourth-order valence-electron chi connectivity index (χ4n) is 1.83. The SMILES string of the molecule is Cc1ccc(C(F)(F)F)cc1NCc1cccc(Cl)c1. The van der Waals surface area contributed by atoms with Gasteiger partial charge in [-0.3, -0.25) is 0 Å². The fourth-order valence-corrected chi connectivity index (χ4v) is 2.05. The van der Waals surface area contributed by atoms with Crippen LogP contribution >= 0.6 is 11.6 Å². The van der Waals surface area contributed by atoms with Gasteiger partial charge in [0, 0.05) is 17.3 Å². The van der Waals surface area contributed by atoms with E-state index in [1.165, 1.54) is 6.07 Å². The Bertz CT molecular complexity index is 608. The molecule has 0 amide bonds. The molecule has 0 saturated heterocycles. The van der Waals surface area contributed by atoms with E-state index in [2.05, 4.69) is 5.32 Å². The monoisotopic (exact) mass is 299 g/mol. The van der Waals surface area contributed by atoms with Crippen molar-refractivity contribution in [2.45, 2.75) is 19.6 Å². The van der Waals surface area contributed by atoms with Crippen LogP contribution in [0.15, 0.2) is 42.5 Å². The number of anilines is 1. The van der Waals surface area contributed by atoms with Gasteiger partial charge in [-0.2, -0.15) is 13.2 Å². The summed E-state index contributed by atoms with van der Waals surface area (Å²) in [6.07, 6.45) is -4.33. The van der Waals surface area contributed by atoms with Crippen molar-refractivity contribution >= 4 is 17.3 Å². The molecule has 0 unspecified atom stereocenters. The zero-order valence-corrected chi connectivity index (χ0v) is 11.5. The molecular weight excluding hydrogens is 287 g/mol. The van der Waals surface area contributed by atoms with Crippen LogP contribution in [-0.4, -0.2) is 0 Å². The molecule has 2 aromatic rings. The van der Waals surface area contributed by atoms with Gasteiger partial charge in [-0.15, -0.1) is 0 Å². The first-order valence-electron chi connectivity index (χ1n) is 6.02. The Hall–Kier alpha value is -1.68. The van der Waals surface area contributed by atoms with Gasteiger partial charge in [-0.1, -0.05) is 29.8 Å². The van der Waals surface area contributed by atoms with Crippen molar-refractivity contribution in [3.05, 3.63) is 64.2 Å². The highest BCUT2D eigenvalue weighted by atomic mass is 35.5. The van der Waals surface area contributed by atoms with E-state index in [9.17, 15) is 13.2 Å². The van der Waals surface area contributed by atoms with Crippen molar-refractivity contribution in [3.63, 3.8) is 0 Å². The van der Waals surface area contributed by atoms with Crippen LogP contribution in [0.1, 0.15) is 16.7 Å². The number of benzene rings is 2. The molecule has 2 aromatic carbocycles. The number of nitrogens with one attached hydrogen (secondary N) is 1. The highest BCUT2D eigenvalue weighted by molar-refractivity contribution is 6.30. The van der Waals surface area contributed by atoms with E-state index in [4.69, 9.17) is 11.6 Å². The Balaban J connectivity index is 2.17. The molecule has 0 heterocycles. The van der Waals surface area contributed by atoms with E-state index in [1.807, 2.05) is 6.07 Å². The van der Waals surface area contributed by atoms with E-state index in [1.54, 1.807) is 25.1 Å². The molecule has 0 fully saturated rings. The van der Waals surface area contributed by atoms with Gasteiger partial charge in [0.2, 0.25) is 0 Å². The number of aryl methyl sites for hydroxylation is 1. The van der Waals surface area contributed by atoms with Gasteiger partial charge in [-0.25, -0.2) is 0 Å². The molecule has 0 aliphatic heterocycles. The predicted octanol–water partition coefficient (Wildman–Crippen LogP) is 5.28. The van der Waals surface area contributed by atoms with Crippen molar-refractivity contribution in [1.82, 2.24) is 0 Å². The molecule has 2 rings (SSSR count). The summed E-state index contributed by atoms with van der Waals surface area (Å²) in [6, 6.07) is 10.9. The third-order valence-electron chi connectivity index (χ3n) is 2.94. The molecular formula is C15H13ClF3N. The lowest BCUT2D eigenvalue weighted by molar-refractivity contribution is -0.137. The summed E-state index contributed by atoms with van der Waals surface area (Å²) in [6.45, 7) is 2.18. The van der Waals surface area contributed by atoms with Crippen LogP contribution in [0, 0.1) is 6.92 Å². The van der Waals surface area contributed by atoms with Crippen LogP contribution in [0.3, 0.4) is 0 Å². The van der Waals surface area contributed by atoms with E-state index < -0.39 is 11.7 Å². The topological polar surface area (TPSA) is 12.0 Å². The standard InChI is InChI=1S/C15H13ClF3N/c1-10-5-6-12(15(17,18)19)8-14(10)20-9-11-3-2-4-13(16)7-11/h2-8,20H,9H2,1H3. The average Bonchev–Trinajstić information content (AvgIpc) is 2.36. The maximum Gasteiger partial charge on any atom is 0.416 e. The highest BCUT2D eigenvalue weighted by Crippen LogP contribution is 2.32. The second-order valence-corrected chi connectivity index (χ2v) is 4.95. The molecule has 1 N–H and O–H groups in total.